The van der Waals surface area contributed by atoms with Crippen LogP contribution in [0.2, 0.25) is 0 Å². The van der Waals surface area contributed by atoms with E-state index in [9.17, 15) is 8.78 Å². The van der Waals surface area contributed by atoms with Crippen molar-refractivity contribution in [2.45, 2.75) is 13.8 Å². The van der Waals surface area contributed by atoms with E-state index in [0.29, 0.717) is 12.2 Å². The first-order valence-electron chi connectivity index (χ1n) is 8.38. The molecule has 0 aliphatic heterocycles. The van der Waals surface area contributed by atoms with Gasteiger partial charge in [-0.3, -0.25) is 0 Å². The highest BCUT2D eigenvalue weighted by Crippen LogP contribution is 2.21. The second-order valence-electron chi connectivity index (χ2n) is 5.89. The van der Waals surface area contributed by atoms with Crippen LogP contribution in [0.3, 0.4) is 0 Å². The fourth-order valence-electron chi connectivity index (χ4n) is 2.55. The van der Waals surface area contributed by atoms with E-state index >= 15 is 0 Å². The van der Waals surface area contributed by atoms with Gasteiger partial charge in [0, 0.05) is 17.7 Å². The van der Waals surface area contributed by atoms with Crippen molar-refractivity contribution in [3.8, 4) is 28.7 Å². The first-order valence-corrected chi connectivity index (χ1v) is 8.38. The van der Waals surface area contributed by atoms with Gasteiger partial charge in [0.05, 0.1) is 12.2 Å². The molecule has 0 spiro atoms. The van der Waals surface area contributed by atoms with Gasteiger partial charge in [0.15, 0.2) is 0 Å². The lowest BCUT2D eigenvalue weighted by Gasteiger charge is -2.05. The van der Waals surface area contributed by atoms with E-state index in [2.05, 4.69) is 36.1 Å². The highest BCUT2D eigenvalue weighted by molar-refractivity contribution is 5.64. The molecule has 3 aromatic carbocycles. The van der Waals surface area contributed by atoms with E-state index in [1.807, 2.05) is 31.2 Å². The van der Waals surface area contributed by atoms with Crippen molar-refractivity contribution in [3.63, 3.8) is 0 Å². The lowest BCUT2D eigenvalue weighted by atomic mass is 10.0. The average molecular weight is 348 g/mol. The highest BCUT2D eigenvalue weighted by Gasteiger charge is 2.09. The molecular formula is C23H18F2O. The van der Waals surface area contributed by atoms with Crippen molar-refractivity contribution in [3.05, 3.63) is 89.0 Å². The summed E-state index contributed by atoms with van der Waals surface area (Å²) in [6.07, 6.45) is 0. The Bertz CT molecular complexity index is 939. The van der Waals surface area contributed by atoms with Gasteiger partial charge in [0.1, 0.15) is 17.4 Å². The molecule has 0 aliphatic carbocycles. The highest BCUT2D eigenvalue weighted by atomic mass is 19.1. The summed E-state index contributed by atoms with van der Waals surface area (Å²) in [6, 6.07) is 18.1. The zero-order valence-electron chi connectivity index (χ0n) is 14.6. The molecule has 130 valence electrons. The smallest absolute Gasteiger partial charge is 0.145 e. The van der Waals surface area contributed by atoms with Crippen LogP contribution < -0.4 is 4.74 Å². The molecule has 0 atom stereocenters. The zero-order chi connectivity index (χ0) is 18.5. The van der Waals surface area contributed by atoms with Gasteiger partial charge in [-0.1, -0.05) is 53.8 Å². The van der Waals surface area contributed by atoms with E-state index in [-0.39, 0.29) is 11.3 Å². The topological polar surface area (TPSA) is 9.23 Å². The summed E-state index contributed by atoms with van der Waals surface area (Å²) >= 11 is 0. The minimum absolute atomic E-state index is 0.163. The summed E-state index contributed by atoms with van der Waals surface area (Å²) in [5.41, 5.74) is 3.81. The van der Waals surface area contributed by atoms with Gasteiger partial charge in [0.25, 0.3) is 0 Å². The van der Waals surface area contributed by atoms with Crippen molar-refractivity contribution >= 4 is 0 Å². The monoisotopic (exact) mass is 348 g/mol. The second kappa shape index (κ2) is 7.84. The summed E-state index contributed by atoms with van der Waals surface area (Å²) in [7, 11) is 0. The third kappa shape index (κ3) is 4.10. The van der Waals surface area contributed by atoms with Gasteiger partial charge in [-0.05, 0) is 37.1 Å². The van der Waals surface area contributed by atoms with Crippen molar-refractivity contribution in [1.29, 1.82) is 0 Å². The van der Waals surface area contributed by atoms with Crippen molar-refractivity contribution in [2.24, 2.45) is 0 Å². The van der Waals surface area contributed by atoms with Crippen molar-refractivity contribution in [2.75, 3.05) is 6.61 Å². The molecule has 26 heavy (non-hydrogen) atoms. The number of benzene rings is 3. The maximum Gasteiger partial charge on any atom is 0.145 e. The molecule has 1 nitrogen and oxygen atoms in total. The predicted molar refractivity (Wildman–Crippen MR) is 100 cm³/mol. The Morgan fingerprint density at radius 2 is 1.35 bits per heavy atom. The molecule has 0 N–H and O–H groups in total. The van der Waals surface area contributed by atoms with Gasteiger partial charge in [-0.25, -0.2) is 8.78 Å². The molecule has 0 saturated heterocycles. The van der Waals surface area contributed by atoms with Crippen LogP contribution >= 0.6 is 0 Å². The summed E-state index contributed by atoms with van der Waals surface area (Å²) < 4.78 is 33.2. The Hall–Kier alpha value is -3.12. The van der Waals surface area contributed by atoms with E-state index < -0.39 is 11.6 Å². The van der Waals surface area contributed by atoms with E-state index in [1.54, 1.807) is 6.92 Å². The maximum absolute atomic E-state index is 14.0. The van der Waals surface area contributed by atoms with Crippen LogP contribution in [0, 0.1) is 30.4 Å². The summed E-state index contributed by atoms with van der Waals surface area (Å²) in [6.45, 7) is 4.14. The Labute approximate surface area is 152 Å². The Morgan fingerprint density at radius 1 is 0.808 bits per heavy atom. The van der Waals surface area contributed by atoms with Crippen molar-refractivity contribution < 1.29 is 13.5 Å². The van der Waals surface area contributed by atoms with Gasteiger partial charge < -0.3 is 4.74 Å². The predicted octanol–water partition coefficient (Wildman–Crippen LogP) is 5.74. The molecule has 0 aliphatic rings. The molecule has 0 unspecified atom stereocenters. The minimum atomic E-state index is -0.725. The average Bonchev–Trinajstić information content (AvgIpc) is 2.62. The molecule has 0 heterocycles. The molecule has 0 saturated carbocycles. The van der Waals surface area contributed by atoms with Crippen LogP contribution in [0.5, 0.6) is 5.75 Å². The lowest BCUT2D eigenvalue weighted by molar-refractivity contribution is 0.335. The molecule has 0 aromatic heterocycles. The first kappa shape index (κ1) is 17.7. The first-order chi connectivity index (χ1) is 12.6. The standard InChI is InChI=1S/C23H18F2O/c1-3-26-20-14-22(24)21(23(25)15-20)13-8-17-6-11-19(12-7-17)18-9-4-16(2)5-10-18/h4-7,9-12,14-15H,3H2,1-2H3. The quantitative estimate of drug-likeness (QED) is 0.549. The summed E-state index contributed by atoms with van der Waals surface area (Å²) in [5, 5.41) is 0. The number of aryl methyl sites for hydroxylation is 1. The molecule has 3 aromatic rings. The van der Waals surface area contributed by atoms with Gasteiger partial charge in [-0.2, -0.15) is 0 Å². The van der Waals surface area contributed by atoms with Crippen LogP contribution in [0.4, 0.5) is 8.78 Å². The van der Waals surface area contributed by atoms with Gasteiger partial charge in [0.2, 0.25) is 0 Å². The summed E-state index contributed by atoms with van der Waals surface area (Å²) in [5.74, 6) is 4.10. The Morgan fingerprint density at radius 3 is 1.88 bits per heavy atom. The number of hydrogen-bond acceptors (Lipinski definition) is 1. The SMILES string of the molecule is CCOc1cc(F)c(C#Cc2ccc(-c3ccc(C)cc3)cc2)c(F)c1. The third-order valence-electron chi connectivity index (χ3n) is 3.93. The van der Waals surface area contributed by atoms with Crippen LogP contribution in [-0.4, -0.2) is 6.61 Å². The number of hydrogen-bond donors (Lipinski definition) is 0. The molecule has 0 radical (unpaired) electrons. The van der Waals surface area contributed by atoms with Crippen LogP contribution in [0.25, 0.3) is 11.1 Å². The lowest BCUT2D eigenvalue weighted by Crippen LogP contribution is -1.96. The maximum atomic E-state index is 14.0. The summed E-state index contributed by atoms with van der Waals surface area (Å²) in [4.78, 5) is 0. The Balaban J connectivity index is 1.83. The van der Waals surface area contributed by atoms with Crippen LogP contribution in [0.15, 0.2) is 60.7 Å². The fourth-order valence-corrected chi connectivity index (χ4v) is 2.55. The molecule has 3 heteroatoms. The second-order valence-corrected chi connectivity index (χ2v) is 5.89. The molecule has 3 rings (SSSR count). The van der Waals surface area contributed by atoms with Gasteiger partial charge >= 0.3 is 0 Å². The van der Waals surface area contributed by atoms with E-state index in [1.165, 1.54) is 5.56 Å². The largest absolute Gasteiger partial charge is 0.494 e. The number of halogens is 2. The molecule has 0 amide bonds. The molecule has 0 bridgehead atoms. The minimum Gasteiger partial charge on any atom is -0.494 e. The van der Waals surface area contributed by atoms with Crippen LogP contribution in [0.1, 0.15) is 23.6 Å². The third-order valence-corrected chi connectivity index (χ3v) is 3.93. The fraction of sp³-hybridized carbons (Fsp3) is 0.130. The molecular weight excluding hydrogens is 330 g/mol. The van der Waals surface area contributed by atoms with Crippen molar-refractivity contribution in [1.82, 2.24) is 0 Å². The number of rotatable bonds is 3. The van der Waals surface area contributed by atoms with E-state index in [4.69, 9.17) is 4.74 Å². The van der Waals surface area contributed by atoms with Gasteiger partial charge in [-0.15, -0.1) is 0 Å². The number of ether oxygens (including phenoxy) is 1. The normalized spacial score (nSPS) is 10.2. The molecule has 0 fully saturated rings. The van der Waals surface area contributed by atoms with Crippen LogP contribution in [-0.2, 0) is 0 Å². The van der Waals surface area contributed by atoms with E-state index in [0.717, 1.165) is 23.3 Å². The Kier molecular flexibility index (Phi) is 5.34. The zero-order valence-corrected chi connectivity index (χ0v) is 14.6.